The lowest BCUT2D eigenvalue weighted by Crippen LogP contribution is -2.37. The van der Waals surface area contributed by atoms with E-state index in [1.165, 1.54) is 51.2 Å². The Bertz CT molecular complexity index is 141. The van der Waals surface area contributed by atoms with Crippen molar-refractivity contribution in [1.82, 2.24) is 10.2 Å². The molecule has 84 valence electrons. The van der Waals surface area contributed by atoms with E-state index in [0.29, 0.717) is 0 Å². The summed E-state index contributed by atoms with van der Waals surface area (Å²) in [6.07, 6.45) is 6.12. The molecule has 1 heterocycles. The Labute approximate surface area is 92.8 Å². The lowest BCUT2D eigenvalue weighted by Gasteiger charge is -2.23. The van der Waals surface area contributed by atoms with Crippen LogP contribution in [0.4, 0.5) is 0 Å². The lowest BCUT2D eigenvalue weighted by molar-refractivity contribution is 0.267. The fraction of sp³-hybridized carbons (Fsp3) is 1.00. The Morgan fingerprint density at radius 2 is 2.36 bits per heavy atom. The molecule has 0 saturated carbocycles. The first-order valence-electron chi connectivity index (χ1n) is 5.81. The van der Waals surface area contributed by atoms with Crippen molar-refractivity contribution < 1.29 is 0 Å². The number of hydrogen-bond acceptors (Lipinski definition) is 3. The highest BCUT2D eigenvalue weighted by atomic mass is 32.2. The normalized spacial score (nSPS) is 24.9. The highest BCUT2D eigenvalue weighted by Gasteiger charge is 2.14. The summed E-state index contributed by atoms with van der Waals surface area (Å²) in [5.41, 5.74) is 0. The minimum atomic E-state index is 0.728. The molecule has 0 radical (unpaired) electrons. The van der Waals surface area contributed by atoms with E-state index in [-0.39, 0.29) is 0 Å². The number of hydrogen-bond donors (Lipinski definition) is 1. The molecule has 1 aliphatic rings. The molecule has 0 aromatic heterocycles. The molecule has 0 spiro atoms. The van der Waals surface area contributed by atoms with E-state index in [4.69, 9.17) is 0 Å². The Balaban J connectivity index is 2.20. The van der Waals surface area contributed by atoms with E-state index in [9.17, 15) is 0 Å². The quantitative estimate of drug-likeness (QED) is 0.706. The molecule has 2 nitrogen and oxygen atoms in total. The molecule has 1 fully saturated rings. The van der Waals surface area contributed by atoms with Crippen molar-refractivity contribution in [2.45, 2.75) is 32.2 Å². The van der Waals surface area contributed by atoms with Crippen LogP contribution in [0.25, 0.3) is 0 Å². The molecule has 0 aliphatic carbocycles. The van der Waals surface area contributed by atoms with Gasteiger partial charge >= 0.3 is 0 Å². The van der Waals surface area contributed by atoms with Crippen molar-refractivity contribution in [1.29, 1.82) is 0 Å². The van der Waals surface area contributed by atoms with E-state index in [1.807, 2.05) is 11.8 Å². The predicted molar refractivity (Wildman–Crippen MR) is 66.1 cm³/mol. The summed E-state index contributed by atoms with van der Waals surface area (Å²) in [5, 5.41) is 3.60. The van der Waals surface area contributed by atoms with Crippen LogP contribution in [-0.4, -0.2) is 49.1 Å². The maximum atomic E-state index is 3.60. The zero-order valence-corrected chi connectivity index (χ0v) is 10.4. The van der Waals surface area contributed by atoms with Gasteiger partial charge < -0.3 is 10.2 Å². The lowest BCUT2D eigenvalue weighted by atomic mass is 10.2. The fourth-order valence-electron chi connectivity index (χ4n) is 1.99. The summed E-state index contributed by atoms with van der Waals surface area (Å²) in [7, 11) is 0. The highest BCUT2D eigenvalue weighted by molar-refractivity contribution is 7.98. The molecule has 0 aromatic rings. The van der Waals surface area contributed by atoms with Crippen molar-refractivity contribution in [3.05, 3.63) is 0 Å². The number of nitrogens with zero attached hydrogens (tertiary/aromatic N) is 1. The molecule has 0 bridgehead atoms. The van der Waals surface area contributed by atoms with Crippen LogP contribution in [0, 0.1) is 0 Å². The summed E-state index contributed by atoms with van der Waals surface area (Å²) in [6.45, 7) is 7.32. The first kappa shape index (κ1) is 12.3. The molecule has 1 atom stereocenters. The molecule has 0 aromatic carbocycles. The van der Waals surface area contributed by atoms with Gasteiger partial charge in [-0.1, -0.05) is 6.92 Å². The zero-order chi connectivity index (χ0) is 10.2. The molecule has 1 aliphatic heterocycles. The first-order valence-corrected chi connectivity index (χ1v) is 7.21. The third-order valence-corrected chi connectivity index (χ3v) is 3.58. The van der Waals surface area contributed by atoms with Crippen LogP contribution >= 0.6 is 11.8 Å². The van der Waals surface area contributed by atoms with Gasteiger partial charge in [0.05, 0.1) is 0 Å². The van der Waals surface area contributed by atoms with E-state index in [0.717, 1.165) is 6.04 Å². The summed E-state index contributed by atoms with van der Waals surface area (Å²) in [4.78, 5) is 2.63. The largest absolute Gasteiger partial charge is 0.313 e. The van der Waals surface area contributed by atoms with Gasteiger partial charge in [0.1, 0.15) is 0 Å². The monoisotopic (exact) mass is 216 g/mol. The summed E-state index contributed by atoms with van der Waals surface area (Å²) in [5.74, 6) is 1.31. The Morgan fingerprint density at radius 1 is 1.50 bits per heavy atom. The average molecular weight is 216 g/mol. The molecular formula is C11H24N2S. The van der Waals surface area contributed by atoms with Crippen molar-refractivity contribution in [3.63, 3.8) is 0 Å². The van der Waals surface area contributed by atoms with Crippen LogP contribution in [0.5, 0.6) is 0 Å². The second kappa shape index (κ2) is 7.55. The van der Waals surface area contributed by atoms with Crippen molar-refractivity contribution in [3.8, 4) is 0 Å². The summed E-state index contributed by atoms with van der Waals surface area (Å²) < 4.78 is 0. The van der Waals surface area contributed by atoms with Crippen LogP contribution in [0.3, 0.4) is 0 Å². The maximum absolute atomic E-state index is 3.60. The Kier molecular flexibility index (Phi) is 6.65. The van der Waals surface area contributed by atoms with Gasteiger partial charge in [-0.15, -0.1) is 0 Å². The van der Waals surface area contributed by atoms with E-state index in [1.54, 1.807) is 0 Å². The number of rotatable bonds is 5. The Hall–Kier alpha value is 0.270. The van der Waals surface area contributed by atoms with E-state index < -0.39 is 0 Å². The topological polar surface area (TPSA) is 15.3 Å². The number of nitrogens with one attached hydrogen (secondary N) is 1. The van der Waals surface area contributed by atoms with E-state index in [2.05, 4.69) is 23.4 Å². The fourth-order valence-corrected chi connectivity index (χ4v) is 2.40. The van der Waals surface area contributed by atoms with Gasteiger partial charge in [0.15, 0.2) is 0 Å². The zero-order valence-electron chi connectivity index (χ0n) is 9.59. The molecule has 3 heteroatoms. The van der Waals surface area contributed by atoms with E-state index >= 15 is 0 Å². The summed E-state index contributed by atoms with van der Waals surface area (Å²) in [6, 6.07) is 0.728. The van der Waals surface area contributed by atoms with Crippen LogP contribution in [-0.2, 0) is 0 Å². The molecule has 1 unspecified atom stereocenters. The van der Waals surface area contributed by atoms with Gasteiger partial charge in [-0.05, 0) is 50.9 Å². The van der Waals surface area contributed by atoms with Crippen LogP contribution in [0.1, 0.15) is 26.2 Å². The van der Waals surface area contributed by atoms with Crippen molar-refractivity contribution >= 4 is 11.8 Å². The van der Waals surface area contributed by atoms with Crippen LogP contribution in [0.15, 0.2) is 0 Å². The number of thioether (sulfide) groups is 1. The second-order valence-corrected chi connectivity index (χ2v) is 5.05. The third kappa shape index (κ3) is 4.67. The highest BCUT2D eigenvalue weighted by Crippen LogP contribution is 2.05. The van der Waals surface area contributed by atoms with Crippen molar-refractivity contribution in [2.24, 2.45) is 0 Å². The second-order valence-electron chi connectivity index (χ2n) is 4.06. The minimum absolute atomic E-state index is 0.728. The van der Waals surface area contributed by atoms with Gasteiger partial charge in [0.2, 0.25) is 0 Å². The van der Waals surface area contributed by atoms with Gasteiger partial charge in [-0.25, -0.2) is 0 Å². The van der Waals surface area contributed by atoms with Gasteiger partial charge in [0, 0.05) is 12.6 Å². The van der Waals surface area contributed by atoms with Gasteiger partial charge in [0.25, 0.3) is 0 Å². The van der Waals surface area contributed by atoms with Gasteiger partial charge in [-0.3, -0.25) is 0 Å². The predicted octanol–water partition coefficient (Wildman–Crippen LogP) is 1.81. The van der Waals surface area contributed by atoms with Gasteiger partial charge in [-0.2, -0.15) is 11.8 Å². The third-order valence-electron chi connectivity index (χ3n) is 2.88. The molecule has 1 rings (SSSR count). The van der Waals surface area contributed by atoms with Crippen LogP contribution in [0.2, 0.25) is 0 Å². The molecule has 1 N–H and O–H groups in total. The minimum Gasteiger partial charge on any atom is -0.313 e. The average Bonchev–Trinajstić information content (AvgIpc) is 2.43. The smallest absolute Gasteiger partial charge is 0.0192 e. The summed E-state index contributed by atoms with van der Waals surface area (Å²) >= 11 is 1.96. The molecule has 0 amide bonds. The first-order chi connectivity index (χ1) is 6.86. The SMILES string of the molecule is CCC1CN(CCCSC)CCCN1. The Morgan fingerprint density at radius 3 is 3.07 bits per heavy atom. The van der Waals surface area contributed by atoms with Crippen molar-refractivity contribution in [2.75, 3.05) is 38.2 Å². The van der Waals surface area contributed by atoms with Crippen LogP contribution < -0.4 is 5.32 Å². The molecule has 1 saturated heterocycles. The maximum Gasteiger partial charge on any atom is 0.0192 e. The molecular weight excluding hydrogens is 192 g/mol. The standard InChI is InChI=1S/C11H24N2S/c1-3-11-10-13(7-4-6-12-11)8-5-9-14-2/h11-12H,3-10H2,1-2H3. The molecule has 14 heavy (non-hydrogen) atoms.